The number of aryl methyl sites for hydroxylation is 2. The zero-order valence-electron chi connectivity index (χ0n) is 17.7. The lowest BCUT2D eigenvalue weighted by Crippen LogP contribution is -2.38. The molecule has 0 spiro atoms. The number of hydrogen-bond acceptors (Lipinski definition) is 4. The molecule has 0 bridgehead atoms. The van der Waals surface area contributed by atoms with Crippen LogP contribution in [0, 0.1) is 6.92 Å². The van der Waals surface area contributed by atoms with E-state index in [9.17, 15) is 0 Å². The number of aromatic amines is 1. The molecular formula is C22H34N6O. The van der Waals surface area contributed by atoms with E-state index in [2.05, 4.69) is 63.8 Å². The van der Waals surface area contributed by atoms with E-state index in [4.69, 9.17) is 9.73 Å². The first kappa shape index (κ1) is 21.3. The highest BCUT2D eigenvalue weighted by Crippen LogP contribution is 2.14. The topological polar surface area (TPSA) is 77.6 Å². The third-order valence-corrected chi connectivity index (χ3v) is 5.22. The van der Waals surface area contributed by atoms with Gasteiger partial charge in [0.05, 0.1) is 26.0 Å². The van der Waals surface area contributed by atoms with Crippen LogP contribution in [0.2, 0.25) is 0 Å². The second-order valence-electron chi connectivity index (χ2n) is 7.40. The monoisotopic (exact) mass is 398 g/mol. The molecule has 29 heavy (non-hydrogen) atoms. The number of nitrogens with one attached hydrogen (secondary N) is 3. The van der Waals surface area contributed by atoms with Crippen molar-refractivity contribution < 1.29 is 4.74 Å². The van der Waals surface area contributed by atoms with Gasteiger partial charge in [0.1, 0.15) is 0 Å². The van der Waals surface area contributed by atoms with E-state index >= 15 is 0 Å². The van der Waals surface area contributed by atoms with E-state index in [-0.39, 0.29) is 0 Å². The Balaban J connectivity index is 1.53. The van der Waals surface area contributed by atoms with E-state index in [1.54, 1.807) is 0 Å². The van der Waals surface area contributed by atoms with Gasteiger partial charge in [0, 0.05) is 38.4 Å². The second-order valence-corrected chi connectivity index (χ2v) is 7.40. The Morgan fingerprint density at radius 2 is 1.97 bits per heavy atom. The normalized spacial score (nSPS) is 15.4. The summed E-state index contributed by atoms with van der Waals surface area (Å²) in [4.78, 5) is 7.27. The fourth-order valence-electron chi connectivity index (χ4n) is 3.49. The zero-order valence-corrected chi connectivity index (χ0v) is 17.7. The summed E-state index contributed by atoms with van der Waals surface area (Å²) >= 11 is 0. The minimum atomic E-state index is 0.677. The molecule has 0 radical (unpaired) electrons. The molecule has 0 saturated carbocycles. The van der Waals surface area contributed by atoms with E-state index in [1.807, 2.05) is 6.20 Å². The molecule has 1 aromatic heterocycles. The summed E-state index contributed by atoms with van der Waals surface area (Å²) in [5, 5.41) is 13.9. The van der Waals surface area contributed by atoms with Crippen molar-refractivity contribution in [3.8, 4) is 0 Å². The van der Waals surface area contributed by atoms with Crippen molar-refractivity contribution in [2.24, 2.45) is 4.99 Å². The van der Waals surface area contributed by atoms with Crippen molar-refractivity contribution in [3.05, 3.63) is 52.8 Å². The molecule has 3 rings (SSSR count). The maximum atomic E-state index is 5.47. The molecule has 1 aliphatic rings. The van der Waals surface area contributed by atoms with Crippen LogP contribution in [0.25, 0.3) is 0 Å². The van der Waals surface area contributed by atoms with Crippen molar-refractivity contribution in [3.63, 3.8) is 0 Å². The number of guanidine groups is 1. The standard InChI is InChI=1S/C22H34N6O/c1-3-23-22(24-10-6-9-19-16-26-27-18(19)2)25-15-20-7-4-5-8-21(20)17-28-11-13-29-14-12-28/h4-5,7-8,16H,3,6,9-15,17H2,1-2H3,(H,26,27)(H2,23,24,25). The largest absolute Gasteiger partial charge is 0.379 e. The summed E-state index contributed by atoms with van der Waals surface area (Å²) in [6.45, 7) is 11.2. The van der Waals surface area contributed by atoms with Crippen LogP contribution >= 0.6 is 0 Å². The maximum Gasteiger partial charge on any atom is 0.191 e. The fraction of sp³-hybridized carbons (Fsp3) is 0.545. The summed E-state index contributed by atoms with van der Waals surface area (Å²) < 4.78 is 5.47. The molecular weight excluding hydrogens is 364 g/mol. The Hall–Kier alpha value is -2.38. The molecule has 1 aromatic carbocycles. The van der Waals surface area contributed by atoms with Crippen LogP contribution < -0.4 is 10.6 Å². The zero-order chi connectivity index (χ0) is 20.3. The highest BCUT2D eigenvalue weighted by atomic mass is 16.5. The number of benzene rings is 1. The van der Waals surface area contributed by atoms with Crippen molar-refractivity contribution in [1.82, 2.24) is 25.7 Å². The SMILES string of the molecule is CCNC(=NCc1ccccc1CN1CCOCC1)NCCCc1cn[nH]c1C. The predicted octanol–water partition coefficient (Wildman–Crippen LogP) is 2.24. The molecule has 158 valence electrons. The summed E-state index contributed by atoms with van der Waals surface area (Å²) in [5.74, 6) is 0.873. The van der Waals surface area contributed by atoms with Crippen molar-refractivity contribution in [1.29, 1.82) is 0 Å². The molecule has 2 aromatic rings. The van der Waals surface area contributed by atoms with Gasteiger partial charge in [0.25, 0.3) is 0 Å². The molecule has 1 saturated heterocycles. The Labute approximate surface area is 173 Å². The summed E-state index contributed by atoms with van der Waals surface area (Å²) in [7, 11) is 0. The van der Waals surface area contributed by atoms with Crippen molar-refractivity contribution in [2.75, 3.05) is 39.4 Å². The molecule has 2 heterocycles. The molecule has 0 amide bonds. The van der Waals surface area contributed by atoms with Gasteiger partial charge in [-0.25, -0.2) is 4.99 Å². The molecule has 3 N–H and O–H groups in total. The van der Waals surface area contributed by atoms with Gasteiger partial charge >= 0.3 is 0 Å². The van der Waals surface area contributed by atoms with Gasteiger partial charge in [-0.3, -0.25) is 10.00 Å². The van der Waals surface area contributed by atoms with Crippen LogP contribution in [0.3, 0.4) is 0 Å². The average Bonchev–Trinajstić information content (AvgIpc) is 3.15. The smallest absolute Gasteiger partial charge is 0.191 e. The first-order valence-corrected chi connectivity index (χ1v) is 10.6. The Morgan fingerprint density at radius 3 is 2.69 bits per heavy atom. The van der Waals surface area contributed by atoms with Crippen LogP contribution in [0.1, 0.15) is 35.7 Å². The van der Waals surface area contributed by atoms with E-state index in [0.717, 1.165) is 70.4 Å². The first-order chi connectivity index (χ1) is 14.3. The second kappa shape index (κ2) is 11.6. The highest BCUT2D eigenvalue weighted by Gasteiger charge is 2.12. The van der Waals surface area contributed by atoms with E-state index in [0.29, 0.717) is 6.54 Å². The van der Waals surface area contributed by atoms with E-state index in [1.165, 1.54) is 16.7 Å². The molecule has 0 aliphatic carbocycles. The number of nitrogens with zero attached hydrogens (tertiary/aromatic N) is 3. The third-order valence-electron chi connectivity index (χ3n) is 5.22. The van der Waals surface area contributed by atoms with Crippen LogP contribution in [-0.4, -0.2) is 60.4 Å². The Morgan fingerprint density at radius 1 is 1.17 bits per heavy atom. The lowest BCUT2D eigenvalue weighted by atomic mass is 10.1. The van der Waals surface area contributed by atoms with E-state index < -0.39 is 0 Å². The number of morpholine rings is 1. The van der Waals surface area contributed by atoms with Gasteiger partial charge in [0.15, 0.2) is 5.96 Å². The summed E-state index contributed by atoms with van der Waals surface area (Å²) in [5.41, 5.74) is 5.07. The van der Waals surface area contributed by atoms with Gasteiger partial charge < -0.3 is 15.4 Å². The van der Waals surface area contributed by atoms with Gasteiger partial charge in [0.2, 0.25) is 0 Å². The Kier molecular flexibility index (Phi) is 8.52. The summed E-state index contributed by atoms with van der Waals surface area (Å²) in [6, 6.07) is 8.62. The van der Waals surface area contributed by atoms with Crippen LogP contribution in [0.4, 0.5) is 0 Å². The van der Waals surface area contributed by atoms with Crippen molar-refractivity contribution >= 4 is 5.96 Å². The Bertz CT molecular complexity index is 766. The predicted molar refractivity (Wildman–Crippen MR) is 117 cm³/mol. The van der Waals surface area contributed by atoms with Gasteiger partial charge in [-0.15, -0.1) is 0 Å². The van der Waals surface area contributed by atoms with Crippen molar-refractivity contribution in [2.45, 2.75) is 39.8 Å². The molecule has 1 fully saturated rings. The first-order valence-electron chi connectivity index (χ1n) is 10.6. The third kappa shape index (κ3) is 6.87. The highest BCUT2D eigenvalue weighted by molar-refractivity contribution is 5.79. The molecule has 0 atom stereocenters. The molecule has 0 unspecified atom stereocenters. The number of rotatable bonds is 9. The maximum absolute atomic E-state index is 5.47. The van der Waals surface area contributed by atoms with Crippen LogP contribution in [0.15, 0.2) is 35.5 Å². The number of H-pyrrole nitrogens is 1. The van der Waals surface area contributed by atoms with Gasteiger partial charge in [-0.1, -0.05) is 24.3 Å². The molecule has 7 nitrogen and oxygen atoms in total. The quantitative estimate of drug-likeness (QED) is 0.343. The minimum absolute atomic E-state index is 0.677. The average molecular weight is 399 g/mol. The number of aliphatic imine (C=N–C) groups is 1. The van der Waals surface area contributed by atoms with Gasteiger partial charge in [-0.2, -0.15) is 5.10 Å². The summed E-state index contributed by atoms with van der Waals surface area (Å²) in [6.07, 6.45) is 3.97. The fourth-order valence-corrected chi connectivity index (χ4v) is 3.49. The molecule has 7 heteroatoms. The van der Waals surface area contributed by atoms with Gasteiger partial charge in [-0.05, 0) is 43.4 Å². The van der Waals surface area contributed by atoms with Crippen LogP contribution in [0.5, 0.6) is 0 Å². The number of hydrogen-bond donors (Lipinski definition) is 3. The molecule has 1 aliphatic heterocycles. The minimum Gasteiger partial charge on any atom is -0.379 e. The van der Waals surface area contributed by atoms with Crippen LogP contribution in [-0.2, 0) is 24.2 Å². The number of aromatic nitrogens is 2. The lowest BCUT2D eigenvalue weighted by Gasteiger charge is -2.27. The number of ether oxygens (including phenoxy) is 1. The lowest BCUT2D eigenvalue weighted by molar-refractivity contribution is 0.0341.